The van der Waals surface area contributed by atoms with Crippen molar-refractivity contribution in [2.75, 3.05) is 13.1 Å². The molecule has 1 nitrogen and oxygen atoms in total. The van der Waals surface area contributed by atoms with E-state index in [2.05, 4.69) is 19.2 Å². The van der Waals surface area contributed by atoms with Crippen molar-refractivity contribution in [3.8, 4) is 0 Å². The molecule has 0 aromatic carbocycles. The third-order valence-corrected chi connectivity index (χ3v) is 1.80. The lowest BCUT2D eigenvalue weighted by atomic mass is 10.1. The van der Waals surface area contributed by atoms with Crippen LogP contribution in [0.2, 0.25) is 0 Å². The highest BCUT2D eigenvalue weighted by molar-refractivity contribution is 5.13. The van der Waals surface area contributed by atoms with Crippen molar-refractivity contribution >= 4 is 0 Å². The van der Waals surface area contributed by atoms with E-state index in [1.165, 1.54) is 18.5 Å². The second-order valence-electron chi connectivity index (χ2n) is 2.49. The summed E-state index contributed by atoms with van der Waals surface area (Å²) in [5.74, 6) is 0. The first-order valence-electron chi connectivity index (χ1n) is 5.16. The summed E-state index contributed by atoms with van der Waals surface area (Å²) in [4.78, 5) is 0. The molecule has 0 spiro atoms. The number of hydrogen-bond donors (Lipinski definition) is 1. The molecule has 0 atom stereocenters. The molecule has 0 aliphatic carbocycles. The maximum absolute atomic E-state index is 3.31. The molecule has 1 heterocycles. The standard InChI is InChI=1S/C7H13N.2C2H6/c1-6-3-4-8-5-7(6)2;2*1-2/h8H,3-5H2,1-2H3;2*1-2H3. The van der Waals surface area contributed by atoms with Gasteiger partial charge in [0.05, 0.1) is 0 Å². The molecule has 0 saturated heterocycles. The smallest absolute Gasteiger partial charge is 0.0164 e. The summed E-state index contributed by atoms with van der Waals surface area (Å²) in [5.41, 5.74) is 3.10. The zero-order valence-electron chi connectivity index (χ0n) is 9.62. The van der Waals surface area contributed by atoms with Crippen LogP contribution in [0.4, 0.5) is 0 Å². The molecule has 1 heteroatoms. The zero-order chi connectivity index (χ0) is 9.98. The van der Waals surface area contributed by atoms with Crippen molar-refractivity contribution in [1.29, 1.82) is 0 Å². The van der Waals surface area contributed by atoms with Crippen LogP contribution in [0.25, 0.3) is 0 Å². The molecular weight excluding hydrogens is 146 g/mol. The lowest BCUT2D eigenvalue weighted by Gasteiger charge is -2.14. The first-order valence-corrected chi connectivity index (χ1v) is 5.16. The van der Waals surface area contributed by atoms with Gasteiger partial charge in [-0.1, -0.05) is 38.8 Å². The third-order valence-electron chi connectivity index (χ3n) is 1.80. The summed E-state index contributed by atoms with van der Waals surface area (Å²) in [5, 5.41) is 3.31. The van der Waals surface area contributed by atoms with Gasteiger partial charge in [0, 0.05) is 6.54 Å². The minimum atomic E-state index is 1.10. The second kappa shape index (κ2) is 10.7. The van der Waals surface area contributed by atoms with Gasteiger partial charge in [0.15, 0.2) is 0 Å². The Bertz CT molecular complexity index is 100. The van der Waals surface area contributed by atoms with Gasteiger partial charge in [-0.25, -0.2) is 0 Å². The van der Waals surface area contributed by atoms with Crippen LogP contribution >= 0.6 is 0 Å². The van der Waals surface area contributed by atoms with Crippen molar-refractivity contribution in [2.45, 2.75) is 48.0 Å². The summed E-state index contributed by atoms with van der Waals surface area (Å²) < 4.78 is 0. The van der Waals surface area contributed by atoms with Crippen molar-refractivity contribution in [3.63, 3.8) is 0 Å². The quantitative estimate of drug-likeness (QED) is 0.551. The molecule has 0 unspecified atom stereocenters. The van der Waals surface area contributed by atoms with E-state index in [0.717, 1.165) is 6.54 Å². The lowest BCUT2D eigenvalue weighted by molar-refractivity contribution is 0.677. The largest absolute Gasteiger partial charge is 0.313 e. The Hall–Kier alpha value is -0.300. The highest BCUT2D eigenvalue weighted by Gasteiger charge is 2.01. The Morgan fingerprint density at radius 2 is 1.42 bits per heavy atom. The van der Waals surface area contributed by atoms with Crippen LogP contribution in [0.3, 0.4) is 0 Å². The summed E-state index contributed by atoms with van der Waals surface area (Å²) in [6.45, 7) is 14.7. The van der Waals surface area contributed by atoms with E-state index in [1.54, 1.807) is 5.57 Å². The molecule has 1 aliphatic rings. The Labute approximate surface area is 78.3 Å². The summed E-state index contributed by atoms with van der Waals surface area (Å²) in [6, 6.07) is 0. The fourth-order valence-electron chi connectivity index (χ4n) is 0.916. The van der Waals surface area contributed by atoms with E-state index in [9.17, 15) is 0 Å². The van der Waals surface area contributed by atoms with Crippen LogP contribution < -0.4 is 5.32 Å². The van der Waals surface area contributed by atoms with Gasteiger partial charge in [0.2, 0.25) is 0 Å². The molecule has 0 amide bonds. The Balaban J connectivity index is 0. The van der Waals surface area contributed by atoms with E-state index in [0.29, 0.717) is 0 Å². The highest BCUT2D eigenvalue weighted by atomic mass is 14.9. The van der Waals surface area contributed by atoms with Gasteiger partial charge in [-0.3, -0.25) is 0 Å². The van der Waals surface area contributed by atoms with E-state index in [1.807, 2.05) is 27.7 Å². The minimum Gasteiger partial charge on any atom is -0.313 e. The van der Waals surface area contributed by atoms with Gasteiger partial charge in [0.25, 0.3) is 0 Å². The SMILES string of the molecule is CC.CC.CC1=C(C)CNCC1. The number of nitrogens with one attached hydrogen (secondary N) is 1. The predicted molar refractivity (Wildman–Crippen MR) is 58.6 cm³/mol. The number of hydrogen-bond acceptors (Lipinski definition) is 1. The molecule has 0 aromatic rings. The van der Waals surface area contributed by atoms with Crippen molar-refractivity contribution in [2.24, 2.45) is 0 Å². The van der Waals surface area contributed by atoms with Crippen molar-refractivity contribution in [3.05, 3.63) is 11.1 Å². The van der Waals surface area contributed by atoms with E-state index in [-0.39, 0.29) is 0 Å². The third kappa shape index (κ3) is 6.41. The van der Waals surface area contributed by atoms with Crippen LogP contribution in [-0.2, 0) is 0 Å². The van der Waals surface area contributed by atoms with Gasteiger partial charge in [-0.05, 0) is 26.8 Å². The van der Waals surface area contributed by atoms with Gasteiger partial charge in [-0.15, -0.1) is 0 Å². The normalized spacial score (nSPS) is 15.5. The summed E-state index contributed by atoms with van der Waals surface area (Å²) in [7, 11) is 0. The number of rotatable bonds is 0. The lowest BCUT2D eigenvalue weighted by Crippen LogP contribution is -2.23. The first-order chi connectivity index (χ1) is 5.80. The predicted octanol–water partition coefficient (Wildman–Crippen LogP) is 3.37. The van der Waals surface area contributed by atoms with Crippen molar-refractivity contribution < 1.29 is 0 Å². The van der Waals surface area contributed by atoms with E-state index >= 15 is 0 Å². The average Bonchev–Trinajstić information content (AvgIpc) is 2.17. The van der Waals surface area contributed by atoms with E-state index in [4.69, 9.17) is 0 Å². The van der Waals surface area contributed by atoms with Crippen LogP contribution in [0.1, 0.15) is 48.0 Å². The molecule has 1 aliphatic heterocycles. The van der Waals surface area contributed by atoms with Crippen LogP contribution in [-0.4, -0.2) is 13.1 Å². The molecule has 1 N–H and O–H groups in total. The Kier molecular flexibility index (Phi) is 12.7. The fraction of sp³-hybridized carbons (Fsp3) is 0.818. The molecule has 0 bridgehead atoms. The topological polar surface area (TPSA) is 12.0 Å². The summed E-state index contributed by atoms with van der Waals surface area (Å²) in [6.07, 6.45) is 1.24. The maximum atomic E-state index is 3.31. The van der Waals surface area contributed by atoms with Gasteiger partial charge >= 0.3 is 0 Å². The first kappa shape index (κ1) is 14.2. The van der Waals surface area contributed by atoms with Crippen LogP contribution in [0.5, 0.6) is 0 Å². The Morgan fingerprint density at radius 1 is 0.917 bits per heavy atom. The molecule has 0 aromatic heterocycles. The highest BCUT2D eigenvalue weighted by Crippen LogP contribution is 2.09. The van der Waals surface area contributed by atoms with Gasteiger partial charge < -0.3 is 5.32 Å². The van der Waals surface area contributed by atoms with Gasteiger partial charge in [0.1, 0.15) is 0 Å². The molecular formula is C11H25N. The van der Waals surface area contributed by atoms with Crippen molar-refractivity contribution in [1.82, 2.24) is 5.32 Å². The second-order valence-corrected chi connectivity index (χ2v) is 2.49. The zero-order valence-corrected chi connectivity index (χ0v) is 9.62. The van der Waals surface area contributed by atoms with Crippen LogP contribution in [0, 0.1) is 0 Å². The molecule has 0 radical (unpaired) electrons. The molecule has 1 rings (SSSR count). The van der Waals surface area contributed by atoms with Crippen LogP contribution in [0.15, 0.2) is 11.1 Å². The van der Waals surface area contributed by atoms with E-state index < -0.39 is 0 Å². The van der Waals surface area contributed by atoms with Gasteiger partial charge in [-0.2, -0.15) is 0 Å². The minimum absolute atomic E-state index is 1.10. The maximum Gasteiger partial charge on any atom is 0.0164 e. The molecule has 0 saturated carbocycles. The molecule has 12 heavy (non-hydrogen) atoms. The molecule has 0 fully saturated rings. The summed E-state index contributed by atoms with van der Waals surface area (Å²) >= 11 is 0. The molecule has 74 valence electrons. The fourth-order valence-corrected chi connectivity index (χ4v) is 0.916. The monoisotopic (exact) mass is 171 g/mol. The Morgan fingerprint density at radius 3 is 1.67 bits per heavy atom. The average molecular weight is 171 g/mol.